The lowest BCUT2D eigenvalue weighted by atomic mass is 9.80. The maximum Gasteiger partial charge on any atom is -0.0327 e. The van der Waals surface area contributed by atoms with Crippen molar-refractivity contribution < 1.29 is 0 Å². The van der Waals surface area contributed by atoms with E-state index < -0.39 is 0 Å². The lowest BCUT2D eigenvalue weighted by molar-refractivity contribution is 0.268. The van der Waals surface area contributed by atoms with Gasteiger partial charge in [0.1, 0.15) is 0 Å². The number of allylic oxidation sites excluding steroid dienone is 1. The molecule has 0 aliphatic heterocycles. The van der Waals surface area contributed by atoms with Crippen LogP contribution in [0, 0.1) is 11.3 Å². The first-order valence-electron chi connectivity index (χ1n) is 4.62. The Morgan fingerprint density at radius 1 is 1.45 bits per heavy atom. The van der Waals surface area contributed by atoms with Gasteiger partial charge in [-0.1, -0.05) is 40.2 Å². The van der Waals surface area contributed by atoms with E-state index >= 15 is 0 Å². The normalized spacial score (nSPS) is 14.5. The van der Waals surface area contributed by atoms with Crippen LogP contribution in [0.25, 0.3) is 0 Å². The summed E-state index contributed by atoms with van der Waals surface area (Å²) in [5, 5.41) is 0. The SMILES string of the molecule is C=CCC(C)CC(C)(C)CC. The van der Waals surface area contributed by atoms with E-state index in [0.29, 0.717) is 5.41 Å². The van der Waals surface area contributed by atoms with Gasteiger partial charge in [0.25, 0.3) is 0 Å². The van der Waals surface area contributed by atoms with E-state index in [1.54, 1.807) is 0 Å². The van der Waals surface area contributed by atoms with Crippen molar-refractivity contribution in [2.75, 3.05) is 0 Å². The molecular weight excluding hydrogens is 132 g/mol. The minimum absolute atomic E-state index is 0.516. The third-order valence-electron chi connectivity index (χ3n) is 2.43. The molecule has 0 heterocycles. The summed E-state index contributed by atoms with van der Waals surface area (Å²) in [5.41, 5.74) is 0.516. The van der Waals surface area contributed by atoms with Gasteiger partial charge in [0, 0.05) is 0 Å². The van der Waals surface area contributed by atoms with Crippen molar-refractivity contribution in [2.24, 2.45) is 11.3 Å². The molecule has 0 saturated carbocycles. The second-order valence-electron chi connectivity index (χ2n) is 4.35. The second-order valence-corrected chi connectivity index (χ2v) is 4.35. The summed E-state index contributed by atoms with van der Waals surface area (Å²) in [6.07, 6.45) is 5.77. The molecule has 0 radical (unpaired) electrons. The summed E-state index contributed by atoms with van der Waals surface area (Å²) in [7, 11) is 0. The van der Waals surface area contributed by atoms with Crippen molar-refractivity contribution >= 4 is 0 Å². The van der Waals surface area contributed by atoms with Crippen LogP contribution in [0.2, 0.25) is 0 Å². The molecular formula is C11H22. The van der Waals surface area contributed by atoms with Gasteiger partial charge in [0.05, 0.1) is 0 Å². The van der Waals surface area contributed by atoms with Crippen LogP contribution in [0.1, 0.15) is 47.0 Å². The maximum atomic E-state index is 3.76. The minimum Gasteiger partial charge on any atom is -0.103 e. The number of hydrogen-bond donors (Lipinski definition) is 0. The van der Waals surface area contributed by atoms with Gasteiger partial charge < -0.3 is 0 Å². The largest absolute Gasteiger partial charge is 0.103 e. The molecule has 1 unspecified atom stereocenters. The summed E-state index contributed by atoms with van der Waals surface area (Å²) in [6.45, 7) is 13.0. The van der Waals surface area contributed by atoms with Crippen LogP contribution in [0.15, 0.2) is 12.7 Å². The molecule has 1 atom stereocenters. The number of hydrogen-bond acceptors (Lipinski definition) is 0. The van der Waals surface area contributed by atoms with Crippen LogP contribution < -0.4 is 0 Å². The molecule has 0 aliphatic rings. The summed E-state index contributed by atoms with van der Waals surface area (Å²) in [6, 6.07) is 0. The zero-order chi connectivity index (χ0) is 8.91. The predicted molar refractivity (Wildman–Crippen MR) is 52.7 cm³/mol. The van der Waals surface area contributed by atoms with E-state index in [4.69, 9.17) is 0 Å². The van der Waals surface area contributed by atoms with E-state index in [2.05, 4.69) is 34.3 Å². The van der Waals surface area contributed by atoms with Gasteiger partial charge in [0.15, 0.2) is 0 Å². The van der Waals surface area contributed by atoms with Crippen molar-refractivity contribution in [3.63, 3.8) is 0 Å². The highest BCUT2D eigenvalue weighted by Gasteiger charge is 2.17. The summed E-state index contributed by atoms with van der Waals surface area (Å²) < 4.78 is 0. The van der Waals surface area contributed by atoms with Crippen LogP contribution in [0.4, 0.5) is 0 Å². The van der Waals surface area contributed by atoms with Crippen LogP contribution >= 0.6 is 0 Å². The molecule has 0 amide bonds. The Bertz CT molecular complexity index is 111. The first kappa shape index (κ1) is 10.7. The third kappa shape index (κ3) is 5.06. The zero-order valence-corrected chi connectivity index (χ0v) is 8.48. The first-order valence-corrected chi connectivity index (χ1v) is 4.62. The average Bonchev–Trinajstić information content (AvgIpc) is 1.87. The summed E-state index contributed by atoms with van der Waals surface area (Å²) in [5.74, 6) is 0.794. The van der Waals surface area contributed by atoms with E-state index in [1.807, 2.05) is 6.08 Å². The van der Waals surface area contributed by atoms with Crippen LogP contribution in [-0.4, -0.2) is 0 Å². The van der Waals surface area contributed by atoms with E-state index in [-0.39, 0.29) is 0 Å². The lowest BCUT2D eigenvalue weighted by Crippen LogP contribution is -2.13. The fraction of sp³-hybridized carbons (Fsp3) is 0.818. The summed E-state index contributed by atoms with van der Waals surface area (Å²) >= 11 is 0. The molecule has 0 fully saturated rings. The molecule has 0 N–H and O–H groups in total. The molecule has 0 heteroatoms. The fourth-order valence-electron chi connectivity index (χ4n) is 1.46. The van der Waals surface area contributed by atoms with Gasteiger partial charge in [-0.3, -0.25) is 0 Å². The van der Waals surface area contributed by atoms with Crippen molar-refractivity contribution in [1.29, 1.82) is 0 Å². The Balaban J connectivity index is 3.72. The van der Waals surface area contributed by atoms with Gasteiger partial charge in [0.2, 0.25) is 0 Å². The van der Waals surface area contributed by atoms with Crippen molar-refractivity contribution in [1.82, 2.24) is 0 Å². The Morgan fingerprint density at radius 3 is 2.36 bits per heavy atom. The fourth-order valence-corrected chi connectivity index (χ4v) is 1.46. The van der Waals surface area contributed by atoms with Gasteiger partial charge in [-0.2, -0.15) is 0 Å². The Kier molecular flexibility index (Phi) is 4.48. The van der Waals surface area contributed by atoms with Crippen LogP contribution in [-0.2, 0) is 0 Å². The van der Waals surface area contributed by atoms with Crippen molar-refractivity contribution in [3.05, 3.63) is 12.7 Å². The molecule has 0 nitrogen and oxygen atoms in total. The Hall–Kier alpha value is -0.260. The molecule has 0 bridgehead atoms. The predicted octanol–water partition coefficient (Wildman–Crippen LogP) is 4.02. The van der Waals surface area contributed by atoms with E-state index in [9.17, 15) is 0 Å². The monoisotopic (exact) mass is 154 g/mol. The highest BCUT2D eigenvalue weighted by molar-refractivity contribution is 4.76. The van der Waals surface area contributed by atoms with Crippen LogP contribution in [0.5, 0.6) is 0 Å². The number of rotatable bonds is 5. The highest BCUT2D eigenvalue weighted by Crippen LogP contribution is 2.29. The topological polar surface area (TPSA) is 0 Å². The smallest absolute Gasteiger partial charge is 0.0327 e. The second kappa shape index (κ2) is 4.58. The lowest BCUT2D eigenvalue weighted by Gasteiger charge is -2.25. The molecule has 0 rings (SSSR count). The molecule has 0 aromatic rings. The van der Waals surface area contributed by atoms with Gasteiger partial charge in [-0.25, -0.2) is 0 Å². The molecule has 0 spiro atoms. The zero-order valence-electron chi connectivity index (χ0n) is 8.48. The molecule has 0 aromatic carbocycles. The highest BCUT2D eigenvalue weighted by atomic mass is 14.2. The first-order chi connectivity index (χ1) is 5.02. The third-order valence-corrected chi connectivity index (χ3v) is 2.43. The average molecular weight is 154 g/mol. The van der Waals surface area contributed by atoms with Gasteiger partial charge in [-0.05, 0) is 24.2 Å². The van der Waals surface area contributed by atoms with Gasteiger partial charge >= 0.3 is 0 Å². The molecule has 0 aromatic heterocycles. The summed E-state index contributed by atoms with van der Waals surface area (Å²) in [4.78, 5) is 0. The van der Waals surface area contributed by atoms with Crippen molar-refractivity contribution in [2.45, 2.75) is 47.0 Å². The standard InChI is InChI=1S/C11H22/c1-6-8-10(3)9-11(4,5)7-2/h6,10H,1,7-9H2,2-5H3. The Labute approximate surface area is 71.7 Å². The van der Waals surface area contributed by atoms with E-state index in [1.165, 1.54) is 12.8 Å². The quantitative estimate of drug-likeness (QED) is 0.524. The Morgan fingerprint density at radius 2 is 2.00 bits per heavy atom. The maximum absolute atomic E-state index is 3.76. The molecule has 0 saturated heterocycles. The van der Waals surface area contributed by atoms with Crippen molar-refractivity contribution in [3.8, 4) is 0 Å². The van der Waals surface area contributed by atoms with Crippen LogP contribution in [0.3, 0.4) is 0 Å². The molecule has 66 valence electrons. The van der Waals surface area contributed by atoms with Gasteiger partial charge in [-0.15, -0.1) is 6.58 Å². The molecule has 0 aliphatic carbocycles. The minimum atomic E-state index is 0.516. The van der Waals surface area contributed by atoms with E-state index in [0.717, 1.165) is 12.3 Å². The molecule has 11 heavy (non-hydrogen) atoms.